The van der Waals surface area contributed by atoms with E-state index in [1.165, 1.54) is 10.6 Å². The van der Waals surface area contributed by atoms with E-state index in [1.807, 2.05) is 24.3 Å². The standard InChI is InChI=1S/C13H11ClN4O/c1-8-5-12(19)18-13(15-8)16-11(17-18)7-9-3-2-4-10(14)6-9/h2-6H,7H2,1H3,(H,15,16,17). The van der Waals surface area contributed by atoms with Crippen molar-refractivity contribution in [1.82, 2.24) is 19.6 Å². The van der Waals surface area contributed by atoms with Gasteiger partial charge >= 0.3 is 0 Å². The molecule has 0 aliphatic rings. The highest BCUT2D eigenvalue weighted by Crippen LogP contribution is 2.13. The molecule has 2 heterocycles. The highest BCUT2D eigenvalue weighted by Gasteiger charge is 2.07. The predicted molar refractivity (Wildman–Crippen MR) is 72.6 cm³/mol. The van der Waals surface area contributed by atoms with E-state index in [2.05, 4.69) is 15.1 Å². The largest absolute Gasteiger partial charge is 0.275 e. The van der Waals surface area contributed by atoms with Crippen LogP contribution in [0, 0.1) is 6.92 Å². The molecular weight excluding hydrogens is 264 g/mol. The van der Waals surface area contributed by atoms with Gasteiger partial charge in [0.2, 0.25) is 0 Å². The molecule has 96 valence electrons. The molecule has 2 aromatic heterocycles. The number of hydrogen-bond donors (Lipinski definition) is 1. The molecule has 0 saturated heterocycles. The maximum Gasteiger partial charge on any atom is 0.274 e. The van der Waals surface area contributed by atoms with E-state index in [0.29, 0.717) is 28.7 Å². The lowest BCUT2D eigenvalue weighted by atomic mass is 10.1. The van der Waals surface area contributed by atoms with Crippen LogP contribution in [0.3, 0.4) is 0 Å². The van der Waals surface area contributed by atoms with Gasteiger partial charge in [0.1, 0.15) is 5.82 Å². The number of nitrogens with one attached hydrogen (secondary N) is 1. The van der Waals surface area contributed by atoms with Crippen LogP contribution >= 0.6 is 11.6 Å². The number of aromatic amines is 1. The number of aryl methyl sites for hydroxylation is 1. The van der Waals surface area contributed by atoms with Crippen LogP contribution in [0.2, 0.25) is 5.02 Å². The number of rotatable bonds is 2. The number of aromatic nitrogens is 4. The van der Waals surface area contributed by atoms with Crippen LogP contribution in [0.15, 0.2) is 35.1 Å². The van der Waals surface area contributed by atoms with Gasteiger partial charge in [0.25, 0.3) is 11.3 Å². The van der Waals surface area contributed by atoms with E-state index in [0.717, 1.165) is 5.56 Å². The van der Waals surface area contributed by atoms with Crippen molar-refractivity contribution in [2.24, 2.45) is 0 Å². The van der Waals surface area contributed by atoms with Gasteiger partial charge in [0, 0.05) is 23.2 Å². The molecule has 1 N–H and O–H groups in total. The Morgan fingerprint density at radius 3 is 2.95 bits per heavy atom. The Morgan fingerprint density at radius 1 is 1.32 bits per heavy atom. The Hall–Kier alpha value is -2.14. The lowest BCUT2D eigenvalue weighted by Crippen LogP contribution is -2.14. The van der Waals surface area contributed by atoms with Gasteiger partial charge in [-0.2, -0.15) is 9.50 Å². The van der Waals surface area contributed by atoms with Crippen molar-refractivity contribution in [3.05, 3.63) is 62.8 Å². The molecule has 0 amide bonds. The first kappa shape index (κ1) is 11.9. The molecule has 5 nitrogen and oxygen atoms in total. The number of nitrogens with zero attached hydrogens (tertiary/aromatic N) is 3. The quantitative estimate of drug-likeness (QED) is 0.777. The van der Waals surface area contributed by atoms with Crippen molar-refractivity contribution in [3.8, 4) is 0 Å². The van der Waals surface area contributed by atoms with E-state index < -0.39 is 0 Å². The van der Waals surface area contributed by atoms with Gasteiger partial charge in [-0.1, -0.05) is 23.7 Å². The molecule has 6 heteroatoms. The first-order valence-corrected chi connectivity index (χ1v) is 6.19. The molecule has 0 bridgehead atoms. The van der Waals surface area contributed by atoms with Crippen LogP contribution < -0.4 is 5.56 Å². The minimum absolute atomic E-state index is 0.160. The Balaban J connectivity index is 2.02. The van der Waals surface area contributed by atoms with E-state index in [1.54, 1.807) is 6.92 Å². The maximum absolute atomic E-state index is 11.8. The molecule has 0 spiro atoms. The van der Waals surface area contributed by atoms with Gasteiger partial charge in [0.15, 0.2) is 0 Å². The summed E-state index contributed by atoms with van der Waals surface area (Å²) in [5, 5.41) is 3.63. The van der Waals surface area contributed by atoms with E-state index >= 15 is 0 Å². The summed E-state index contributed by atoms with van der Waals surface area (Å²) in [7, 11) is 0. The molecule has 0 unspecified atom stereocenters. The van der Waals surface area contributed by atoms with Crippen LogP contribution in [0.1, 0.15) is 17.1 Å². The summed E-state index contributed by atoms with van der Waals surface area (Å²) < 4.78 is 1.34. The minimum atomic E-state index is -0.160. The van der Waals surface area contributed by atoms with Gasteiger partial charge in [-0.3, -0.25) is 9.89 Å². The summed E-state index contributed by atoms with van der Waals surface area (Å²) >= 11 is 5.94. The summed E-state index contributed by atoms with van der Waals surface area (Å²) in [6.07, 6.45) is 0.572. The zero-order valence-electron chi connectivity index (χ0n) is 10.2. The monoisotopic (exact) mass is 274 g/mol. The lowest BCUT2D eigenvalue weighted by molar-refractivity contribution is 0.857. The number of hydrogen-bond acceptors (Lipinski definition) is 3. The third-order valence-corrected chi connectivity index (χ3v) is 3.00. The molecule has 3 aromatic rings. The van der Waals surface area contributed by atoms with Crippen molar-refractivity contribution in [1.29, 1.82) is 0 Å². The zero-order chi connectivity index (χ0) is 13.4. The first-order valence-electron chi connectivity index (χ1n) is 5.81. The third kappa shape index (κ3) is 2.37. The van der Waals surface area contributed by atoms with Crippen LogP contribution in [0.25, 0.3) is 5.78 Å². The van der Waals surface area contributed by atoms with Gasteiger partial charge in [0.05, 0.1) is 0 Å². The number of halogens is 1. The van der Waals surface area contributed by atoms with Crippen LogP contribution in [-0.2, 0) is 6.42 Å². The fraction of sp³-hybridized carbons (Fsp3) is 0.154. The Kier molecular flexibility index (Phi) is 2.83. The summed E-state index contributed by atoms with van der Waals surface area (Å²) in [5.74, 6) is 1.07. The third-order valence-electron chi connectivity index (χ3n) is 2.77. The normalized spacial score (nSPS) is 11.1. The molecular formula is C13H11ClN4O. The van der Waals surface area contributed by atoms with Crippen molar-refractivity contribution in [3.63, 3.8) is 0 Å². The van der Waals surface area contributed by atoms with Crippen molar-refractivity contribution >= 4 is 17.4 Å². The molecule has 0 atom stereocenters. The Morgan fingerprint density at radius 2 is 2.16 bits per heavy atom. The van der Waals surface area contributed by atoms with E-state index in [-0.39, 0.29) is 5.56 Å². The summed E-state index contributed by atoms with van der Waals surface area (Å²) in [6.45, 7) is 1.77. The van der Waals surface area contributed by atoms with E-state index in [4.69, 9.17) is 11.6 Å². The average molecular weight is 275 g/mol. The van der Waals surface area contributed by atoms with Crippen LogP contribution in [0.4, 0.5) is 0 Å². The van der Waals surface area contributed by atoms with Gasteiger partial charge in [-0.05, 0) is 24.6 Å². The highest BCUT2D eigenvalue weighted by atomic mass is 35.5. The topological polar surface area (TPSA) is 63.0 Å². The number of benzene rings is 1. The highest BCUT2D eigenvalue weighted by molar-refractivity contribution is 6.30. The first-order chi connectivity index (χ1) is 9.11. The maximum atomic E-state index is 11.8. The molecule has 19 heavy (non-hydrogen) atoms. The molecule has 0 aliphatic carbocycles. The second-order valence-electron chi connectivity index (χ2n) is 4.35. The fourth-order valence-corrected chi connectivity index (χ4v) is 2.17. The van der Waals surface area contributed by atoms with Gasteiger partial charge in [-0.15, -0.1) is 0 Å². The average Bonchev–Trinajstić information content (AvgIpc) is 2.71. The molecule has 3 rings (SSSR count). The smallest absolute Gasteiger partial charge is 0.274 e. The molecule has 0 saturated carbocycles. The van der Waals surface area contributed by atoms with E-state index in [9.17, 15) is 4.79 Å². The van der Waals surface area contributed by atoms with Gasteiger partial charge < -0.3 is 0 Å². The Bertz CT molecular complexity index is 806. The minimum Gasteiger partial charge on any atom is -0.275 e. The van der Waals surface area contributed by atoms with Gasteiger partial charge in [-0.25, -0.2) is 4.98 Å². The summed E-state index contributed by atoms with van der Waals surface area (Å²) in [6, 6.07) is 9.00. The lowest BCUT2D eigenvalue weighted by Gasteiger charge is -1.97. The SMILES string of the molecule is Cc1cc(=O)n2[nH]c(Cc3cccc(Cl)c3)nc2n1. The molecule has 0 fully saturated rings. The molecule has 0 radical (unpaired) electrons. The summed E-state index contributed by atoms with van der Waals surface area (Å²) in [5.41, 5.74) is 1.52. The van der Waals surface area contributed by atoms with Crippen LogP contribution in [-0.4, -0.2) is 19.6 Å². The second-order valence-corrected chi connectivity index (χ2v) is 4.78. The molecule has 1 aromatic carbocycles. The second kappa shape index (κ2) is 4.51. The number of fused-ring (bicyclic) bond motifs is 1. The summed E-state index contributed by atoms with van der Waals surface area (Å²) in [4.78, 5) is 20.3. The molecule has 0 aliphatic heterocycles. The van der Waals surface area contributed by atoms with Crippen LogP contribution in [0.5, 0.6) is 0 Å². The zero-order valence-corrected chi connectivity index (χ0v) is 11.0. The predicted octanol–water partition coefficient (Wildman–Crippen LogP) is 1.97. The van der Waals surface area contributed by atoms with Crippen molar-refractivity contribution in [2.45, 2.75) is 13.3 Å². The number of H-pyrrole nitrogens is 1. The fourth-order valence-electron chi connectivity index (χ4n) is 1.96. The van der Waals surface area contributed by atoms with Crippen molar-refractivity contribution < 1.29 is 0 Å². The Labute approximate surface area is 113 Å². The van der Waals surface area contributed by atoms with Crippen molar-refractivity contribution in [2.75, 3.05) is 0 Å².